The molecule has 9 heavy (non-hydrogen) atoms. The van der Waals surface area contributed by atoms with Gasteiger partial charge in [0.1, 0.15) is 0 Å². The third-order valence-electron chi connectivity index (χ3n) is 1.60. The van der Waals surface area contributed by atoms with E-state index < -0.39 is 0 Å². The Morgan fingerprint density at radius 2 is 2.56 bits per heavy atom. The number of likely N-dealkylation sites (tertiary alicyclic amines) is 1. The fraction of sp³-hybridized carbons (Fsp3) is 0.571. The van der Waals surface area contributed by atoms with E-state index in [0.717, 1.165) is 6.54 Å². The first kappa shape index (κ1) is 6.15. The molecule has 1 saturated heterocycles. The molecule has 0 aliphatic carbocycles. The second-order valence-electron chi connectivity index (χ2n) is 2.18. The Hall–Kier alpha value is -0.970. The molecule has 0 aromatic carbocycles. The van der Waals surface area contributed by atoms with Gasteiger partial charge in [0.25, 0.3) is 0 Å². The molecule has 1 rings (SSSR count). The minimum atomic E-state index is -0.00810. The van der Waals surface area contributed by atoms with Crippen molar-refractivity contribution >= 4 is 5.91 Å². The Balaban J connectivity index is 2.46. The topological polar surface area (TPSA) is 20.3 Å². The van der Waals surface area contributed by atoms with Crippen LogP contribution in [0.3, 0.4) is 0 Å². The van der Waals surface area contributed by atoms with E-state index in [1.54, 1.807) is 4.90 Å². The highest BCUT2D eigenvalue weighted by Gasteiger charge is 2.26. The van der Waals surface area contributed by atoms with Crippen molar-refractivity contribution in [1.82, 2.24) is 4.90 Å². The van der Waals surface area contributed by atoms with Gasteiger partial charge >= 0.3 is 0 Å². The first-order chi connectivity index (χ1) is 4.25. The zero-order valence-corrected chi connectivity index (χ0v) is 5.42. The molecule has 0 bridgehead atoms. The maximum Gasteiger partial charge on any atom is 0.225 e. The third kappa shape index (κ3) is 0.904. The molecule has 1 aliphatic heterocycles. The van der Waals surface area contributed by atoms with Crippen molar-refractivity contribution in [3.05, 3.63) is 0 Å². The van der Waals surface area contributed by atoms with Crippen molar-refractivity contribution in [3.8, 4) is 12.3 Å². The van der Waals surface area contributed by atoms with Gasteiger partial charge in [-0.05, 0) is 6.92 Å². The molecular formula is C7H9NO. The van der Waals surface area contributed by atoms with Crippen LogP contribution in [-0.4, -0.2) is 23.4 Å². The fourth-order valence-electron chi connectivity index (χ4n) is 0.832. The summed E-state index contributed by atoms with van der Waals surface area (Å²) in [4.78, 5) is 12.4. The first-order valence-electron chi connectivity index (χ1n) is 3.01. The second kappa shape index (κ2) is 2.10. The number of carbonyl (C=O) groups excluding carboxylic acids is 1. The van der Waals surface area contributed by atoms with Gasteiger partial charge in [-0.2, -0.15) is 0 Å². The van der Waals surface area contributed by atoms with Gasteiger partial charge in [-0.25, -0.2) is 0 Å². The molecule has 48 valence electrons. The van der Waals surface area contributed by atoms with Gasteiger partial charge in [0.05, 0.1) is 6.04 Å². The summed E-state index contributed by atoms with van der Waals surface area (Å²) in [6.07, 6.45) is 5.77. The Bertz CT molecular complexity index is 168. The molecular weight excluding hydrogens is 114 g/mol. The number of hydrogen-bond acceptors (Lipinski definition) is 1. The highest BCUT2D eigenvalue weighted by atomic mass is 16.2. The van der Waals surface area contributed by atoms with E-state index in [1.807, 2.05) is 6.92 Å². The van der Waals surface area contributed by atoms with Crippen molar-refractivity contribution in [2.24, 2.45) is 0 Å². The monoisotopic (exact) mass is 123 g/mol. The van der Waals surface area contributed by atoms with Gasteiger partial charge in [-0.1, -0.05) is 5.92 Å². The largest absolute Gasteiger partial charge is 0.329 e. The fourth-order valence-corrected chi connectivity index (χ4v) is 0.832. The van der Waals surface area contributed by atoms with Crippen molar-refractivity contribution in [3.63, 3.8) is 0 Å². The van der Waals surface area contributed by atoms with Gasteiger partial charge in [-0.3, -0.25) is 4.79 Å². The number of terminal acetylenes is 1. The lowest BCUT2D eigenvalue weighted by Gasteiger charge is -2.33. The van der Waals surface area contributed by atoms with Crippen molar-refractivity contribution < 1.29 is 4.79 Å². The molecule has 2 heteroatoms. The van der Waals surface area contributed by atoms with E-state index in [9.17, 15) is 4.79 Å². The van der Waals surface area contributed by atoms with Crippen LogP contribution in [0.25, 0.3) is 0 Å². The lowest BCUT2D eigenvalue weighted by atomic mass is 10.1. The molecule has 0 radical (unpaired) electrons. The summed E-state index contributed by atoms with van der Waals surface area (Å²) in [5, 5.41) is 0. The summed E-state index contributed by atoms with van der Waals surface area (Å²) in [5.41, 5.74) is 0. The SMILES string of the molecule is C#CC(C)N1CCC1=O. The number of amides is 1. The van der Waals surface area contributed by atoms with E-state index in [4.69, 9.17) is 6.42 Å². The molecule has 0 N–H and O–H groups in total. The molecule has 1 heterocycles. The predicted molar refractivity (Wildman–Crippen MR) is 34.6 cm³/mol. The standard InChI is InChI=1S/C7H9NO/c1-3-6(2)8-5-4-7(8)9/h1,6H,4-5H2,2H3. The molecule has 0 aromatic rings. The Morgan fingerprint density at radius 1 is 1.89 bits per heavy atom. The first-order valence-corrected chi connectivity index (χ1v) is 3.01. The van der Waals surface area contributed by atoms with Crippen LogP contribution in [0.5, 0.6) is 0 Å². The third-order valence-corrected chi connectivity index (χ3v) is 1.60. The molecule has 2 nitrogen and oxygen atoms in total. The maximum absolute atomic E-state index is 10.7. The number of rotatable bonds is 1. The Labute approximate surface area is 54.8 Å². The lowest BCUT2D eigenvalue weighted by Crippen LogP contribution is -2.48. The summed E-state index contributed by atoms with van der Waals surface area (Å²) < 4.78 is 0. The van der Waals surface area contributed by atoms with Crippen LogP contribution in [0, 0.1) is 12.3 Å². The van der Waals surface area contributed by atoms with Gasteiger partial charge in [0.15, 0.2) is 0 Å². The van der Waals surface area contributed by atoms with Crippen LogP contribution >= 0.6 is 0 Å². The number of nitrogens with zero attached hydrogens (tertiary/aromatic N) is 1. The van der Waals surface area contributed by atoms with Crippen LogP contribution in [0.15, 0.2) is 0 Å². The van der Waals surface area contributed by atoms with Crippen molar-refractivity contribution in [2.75, 3.05) is 6.54 Å². The van der Waals surface area contributed by atoms with E-state index in [1.165, 1.54) is 0 Å². The van der Waals surface area contributed by atoms with Crippen molar-refractivity contribution in [1.29, 1.82) is 0 Å². The summed E-state index contributed by atoms with van der Waals surface area (Å²) >= 11 is 0. The molecule has 1 unspecified atom stereocenters. The van der Waals surface area contributed by atoms with Crippen LogP contribution in [-0.2, 0) is 4.79 Å². The van der Waals surface area contributed by atoms with Crippen LogP contribution in [0.2, 0.25) is 0 Å². The summed E-state index contributed by atoms with van der Waals surface area (Å²) in [5.74, 6) is 2.68. The number of carbonyl (C=O) groups is 1. The molecule has 0 aromatic heterocycles. The number of hydrogen-bond donors (Lipinski definition) is 0. The molecule has 0 spiro atoms. The average molecular weight is 123 g/mol. The smallest absolute Gasteiger partial charge is 0.225 e. The minimum absolute atomic E-state index is 0.00810. The Kier molecular flexibility index (Phi) is 1.44. The normalized spacial score (nSPS) is 20.4. The summed E-state index contributed by atoms with van der Waals surface area (Å²) in [6, 6.07) is -0.00810. The van der Waals surface area contributed by atoms with Crippen LogP contribution < -0.4 is 0 Å². The zero-order valence-electron chi connectivity index (χ0n) is 5.42. The van der Waals surface area contributed by atoms with E-state index in [0.29, 0.717) is 6.42 Å². The van der Waals surface area contributed by atoms with E-state index in [-0.39, 0.29) is 11.9 Å². The minimum Gasteiger partial charge on any atom is -0.329 e. The average Bonchev–Trinajstić information content (AvgIpc) is 1.84. The van der Waals surface area contributed by atoms with E-state index >= 15 is 0 Å². The molecule has 1 aliphatic rings. The second-order valence-corrected chi connectivity index (χ2v) is 2.18. The van der Waals surface area contributed by atoms with Gasteiger partial charge < -0.3 is 4.90 Å². The molecule has 1 fully saturated rings. The van der Waals surface area contributed by atoms with Gasteiger partial charge in [0, 0.05) is 13.0 Å². The van der Waals surface area contributed by atoms with Gasteiger partial charge in [-0.15, -0.1) is 6.42 Å². The summed E-state index contributed by atoms with van der Waals surface area (Å²) in [6.45, 7) is 2.70. The maximum atomic E-state index is 10.7. The highest BCUT2D eigenvalue weighted by Crippen LogP contribution is 2.11. The molecule has 0 saturated carbocycles. The van der Waals surface area contributed by atoms with Crippen LogP contribution in [0.4, 0.5) is 0 Å². The quantitative estimate of drug-likeness (QED) is 0.361. The molecule has 1 amide bonds. The highest BCUT2D eigenvalue weighted by molar-refractivity contribution is 5.82. The van der Waals surface area contributed by atoms with Gasteiger partial charge in [0.2, 0.25) is 5.91 Å². The Morgan fingerprint density at radius 3 is 2.67 bits per heavy atom. The van der Waals surface area contributed by atoms with Crippen molar-refractivity contribution in [2.45, 2.75) is 19.4 Å². The zero-order chi connectivity index (χ0) is 6.85. The predicted octanol–water partition coefficient (Wildman–Crippen LogP) is 0.240. The number of β-lactam (4-membered cyclic amide) rings is 1. The van der Waals surface area contributed by atoms with Crippen LogP contribution in [0.1, 0.15) is 13.3 Å². The summed E-state index contributed by atoms with van der Waals surface area (Å²) in [7, 11) is 0. The molecule has 1 atom stereocenters. The van der Waals surface area contributed by atoms with E-state index in [2.05, 4.69) is 5.92 Å². The lowest BCUT2D eigenvalue weighted by molar-refractivity contribution is -0.141.